The molecule has 1 aliphatic rings. The van der Waals surface area contributed by atoms with Gasteiger partial charge in [-0.05, 0) is 36.6 Å². The molecule has 27 heavy (non-hydrogen) atoms. The lowest BCUT2D eigenvalue weighted by atomic mass is 10.1. The van der Waals surface area contributed by atoms with Crippen molar-refractivity contribution in [3.63, 3.8) is 0 Å². The van der Waals surface area contributed by atoms with Crippen molar-refractivity contribution in [1.82, 2.24) is 9.80 Å². The lowest BCUT2D eigenvalue weighted by molar-refractivity contribution is -0.130. The van der Waals surface area contributed by atoms with Crippen LogP contribution < -0.4 is 0 Å². The fraction of sp³-hybridized carbons (Fsp3) is 0.250. The van der Waals surface area contributed by atoms with E-state index in [1.807, 2.05) is 36.6 Å². The van der Waals surface area contributed by atoms with Crippen molar-refractivity contribution in [3.05, 3.63) is 58.3 Å². The minimum absolute atomic E-state index is 0.0423. The SMILES string of the molecule is C[C@@H]1CN(C(=O)c2ccccc2)CCN1C(=O)C(=O)c1cc2sccc2s1. The molecule has 0 spiro atoms. The number of rotatable bonds is 3. The van der Waals surface area contributed by atoms with E-state index in [0.717, 1.165) is 9.40 Å². The third kappa shape index (κ3) is 3.40. The van der Waals surface area contributed by atoms with Crippen LogP contribution in [-0.2, 0) is 4.79 Å². The van der Waals surface area contributed by atoms with Gasteiger partial charge in [-0.2, -0.15) is 0 Å². The van der Waals surface area contributed by atoms with Crippen molar-refractivity contribution in [2.45, 2.75) is 13.0 Å². The van der Waals surface area contributed by atoms with E-state index in [4.69, 9.17) is 0 Å². The van der Waals surface area contributed by atoms with Gasteiger partial charge in [-0.1, -0.05) is 18.2 Å². The molecule has 138 valence electrons. The van der Waals surface area contributed by atoms with Crippen LogP contribution in [0.25, 0.3) is 9.40 Å². The minimum Gasteiger partial charge on any atom is -0.335 e. The quantitative estimate of drug-likeness (QED) is 0.501. The summed E-state index contributed by atoms with van der Waals surface area (Å²) >= 11 is 2.92. The highest BCUT2D eigenvalue weighted by molar-refractivity contribution is 7.28. The molecule has 0 N–H and O–H groups in total. The summed E-state index contributed by atoms with van der Waals surface area (Å²) in [5.41, 5.74) is 0.638. The highest BCUT2D eigenvalue weighted by atomic mass is 32.1. The molecule has 1 aliphatic heterocycles. The summed E-state index contributed by atoms with van der Waals surface area (Å²) in [5, 5.41) is 1.97. The molecule has 7 heteroatoms. The van der Waals surface area contributed by atoms with Gasteiger partial charge in [0, 0.05) is 40.6 Å². The van der Waals surface area contributed by atoms with E-state index < -0.39 is 11.7 Å². The number of ketones is 1. The van der Waals surface area contributed by atoms with Crippen LogP contribution in [0, 0.1) is 0 Å². The average Bonchev–Trinajstić information content (AvgIpc) is 3.29. The molecular weight excluding hydrogens is 380 g/mol. The number of hydrogen-bond donors (Lipinski definition) is 0. The van der Waals surface area contributed by atoms with Crippen LogP contribution in [0.1, 0.15) is 27.0 Å². The zero-order valence-corrected chi connectivity index (χ0v) is 16.4. The van der Waals surface area contributed by atoms with Crippen molar-refractivity contribution in [2.75, 3.05) is 19.6 Å². The molecule has 3 heterocycles. The summed E-state index contributed by atoms with van der Waals surface area (Å²) in [5.74, 6) is -0.985. The van der Waals surface area contributed by atoms with Crippen LogP contribution in [0.2, 0.25) is 0 Å². The fourth-order valence-electron chi connectivity index (χ4n) is 3.32. The smallest absolute Gasteiger partial charge is 0.296 e. The topological polar surface area (TPSA) is 57.7 Å². The van der Waals surface area contributed by atoms with Crippen LogP contribution in [0.15, 0.2) is 47.8 Å². The fourth-order valence-corrected chi connectivity index (χ4v) is 5.36. The summed E-state index contributed by atoms with van der Waals surface area (Å²) in [6.45, 7) is 3.09. The number of Topliss-reactive ketones (excluding diaryl/α,β-unsaturated/α-hetero) is 1. The molecule has 0 radical (unpaired) electrons. The van der Waals surface area contributed by atoms with Crippen molar-refractivity contribution in [2.24, 2.45) is 0 Å². The number of nitrogens with zero attached hydrogens (tertiary/aromatic N) is 2. The van der Waals surface area contributed by atoms with E-state index in [2.05, 4.69) is 0 Å². The minimum atomic E-state index is -0.483. The first-order valence-electron chi connectivity index (χ1n) is 8.71. The van der Waals surface area contributed by atoms with Crippen molar-refractivity contribution in [1.29, 1.82) is 0 Å². The first-order chi connectivity index (χ1) is 13.0. The highest BCUT2D eigenvalue weighted by Crippen LogP contribution is 2.30. The molecule has 0 aliphatic carbocycles. The average molecular weight is 399 g/mol. The maximum Gasteiger partial charge on any atom is 0.296 e. The predicted octanol–water partition coefficient (Wildman–Crippen LogP) is 3.52. The summed E-state index contributed by atoms with van der Waals surface area (Å²) in [6.07, 6.45) is 0. The molecule has 1 atom stereocenters. The molecule has 4 rings (SSSR count). The highest BCUT2D eigenvalue weighted by Gasteiger charge is 2.34. The van der Waals surface area contributed by atoms with Gasteiger partial charge >= 0.3 is 0 Å². The number of benzene rings is 1. The van der Waals surface area contributed by atoms with E-state index >= 15 is 0 Å². The Balaban J connectivity index is 1.44. The standard InChI is InChI=1S/C20H18N2O3S2/c1-13-12-21(19(24)14-5-3-2-4-6-14)8-9-22(13)20(25)18(23)17-11-16-15(27-17)7-10-26-16/h2-7,10-11,13H,8-9,12H2,1H3/t13-/m1/s1. The number of piperazine rings is 1. The summed E-state index contributed by atoms with van der Waals surface area (Å²) in [7, 11) is 0. The number of amides is 2. The Morgan fingerprint density at radius 2 is 1.81 bits per heavy atom. The molecule has 1 fully saturated rings. The van der Waals surface area contributed by atoms with Gasteiger partial charge in [-0.25, -0.2) is 0 Å². The van der Waals surface area contributed by atoms with Crippen LogP contribution in [0.4, 0.5) is 0 Å². The first kappa shape index (κ1) is 17.9. The van der Waals surface area contributed by atoms with E-state index in [-0.39, 0.29) is 11.9 Å². The van der Waals surface area contributed by atoms with Crippen LogP contribution in [0.5, 0.6) is 0 Å². The Morgan fingerprint density at radius 3 is 2.52 bits per heavy atom. The molecule has 1 aromatic carbocycles. The second-order valence-electron chi connectivity index (χ2n) is 6.55. The summed E-state index contributed by atoms with van der Waals surface area (Å²) in [6, 6.07) is 12.7. The molecule has 0 unspecified atom stereocenters. The number of carbonyl (C=O) groups is 3. The Labute approximate surface area is 164 Å². The molecule has 2 aromatic heterocycles. The third-order valence-electron chi connectivity index (χ3n) is 4.75. The van der Waals surface area contributed by atoms with E-state index in [9.17, 15) is 14.4 Å². The number of carbonyl (C=O) groups excluding carboxylic acids is 3. The normalized spacial score (nSPS) is 17.3. The molecule has 0 saturated carbocycles. The largest absolute Gasteiger partial charge is 0.335 e. The van der Waals surface area contributed by atoms with Gasteiger partial charge in [0.25, 0.3) is 17.6 Å². The van der Waals surface area contributed by atoms with Crippen molar-refractivity contribution < 1.29 is 14.4 Å². The van der Waals surface area contributed by atoms with Gasteiger partial charge in [-0.15, -0.1) is 22.7 Å². The van der Waals surface area contributed by atoms with Crippen LogP contribution in [0.3, 0.4) is 0 Å². The van der Waals surface area contributed by atoms with Gasteiger partial charge in [0.2, 0.25) is 0 Å². The lowest BCUT2D eigenvalue weighted by Crippen LogP contribution is -2.56. The van der Waals surface area contributed by atoms with Gasteiger partial charge in [0.05, 0.1) is 4.88 Å². The third-order valence-corrected chi connectivity index (χ3v) is 6.85. The van der Waals surface area contributed by atoms with Gasteiger partial charge in [0.15, 0.2) is 0 Å². The zero-order chi connectivity index (χ0) is 19.0. The summed E-state index contributed by atoms with van der Waals surface area (Å²) in [4.78, 5) is 41.8. The maximum absolute atomic E-state index is 12.7. The number of hydrogen-bond acceptors (Lipinski definition) is 5. The van der Waals surface area contributed by atoms with Gasteiger partial charge < -0.3 is 9.80 Å². The number of fused-ring (bicyclic) bond motifs is 1. The number of thiophene rings is 2. The molecule has 0 bridgehead atoms. The van der Waals surface area contributed by atoms with Gasteiger partial charge in [-0.3, -0.25) is 14.4 Å². The zero-order valence-electron chi connectivity index (χ0n) is 14.8. The summed E-state index contributed by atoms with van der Waals surface area (Å²) < 4.78 is 2.06. The van der Waals surface area contributed by atoms with E-state index in [1.165, 1.54) is 11.3 Å². The molecule has 2 amide bonds. The van der Waals surface area contributed by atoms with Crippen LogP contribution in [-0.4, -0.2) is 53.1 Å². The second-order valence-corrected chi connectivity index (χ2v) is 8.59. The van der Waals surface area contributed by atoms with E-state index in [1.54, 1.807) is 39.3 Å². The Kier molecular flexibility index (Phi) is 4.80. The molecular formula is C20H18N2O3S2. The lowest BCUT2D eigenvalue weighted by Gasteiger charge is -2.39. The van der Waals surface area contributed by atoms with Crippen LogP contribution >= 0.6 is 22.7 Å². The molecule has 3 aromatic rings. The molecule has 5 nitrogen and oxygen atoms in total. The van der Waals surface area contributed by atoms with Crippen molar-refractivity contribution in [3.8, 4) is 0 Å². The molecule has 1 saturated heterocycles. The van der Waals surface area contributed by atoms with E-state index in [0.29, 0.717) is 30.1 Å². The second kappa shape index (κ2) is 7.25. The van der Waals surface area contributed by atoms with Crippen molar-refractivity contribution >= 4 is 49.7 Å². The Hall–Kier alpha value is -2.51. The monoisotopic (exact) mass is 398 g/mol. The predicted molar refractivity (Wildman–Crippen MR) is 108 cm³/mol. The van der Waals surface area contributed by atoms with Gasteiger partial charge in [0.1, 0.15) is 0 Å². The maximum atomic E-state index is 12.7. The Morgan fingerprint density at radius 1 is 1.04 bits per heavy atom. The Bertz CT molecular complexity index is 980. The first-order valence-corrected chi connectivity index (χ1v) is 10.4.